The highest BCUT2D eigenvalue weighted by molar-refractivity contribution is 9.10. The molecule has 2 rings (SSSR count). The van der Waals surface area contributed by atoms with E-state index in [1.807, 2.05) is 0 Å². The average Bonchev–Trinajstić information content (AvgIpc) is 2.48. The van der Waals surface area contributed by atoms with E-state index in [4.69, 9.17) is 0 Å². The standard InChI is InChI=1S/C10H5BrFNO2/c11-7-5-6(12)1-2-8(7)13-9(14)3-4-10(13)15/h1-5H. The van der Waals surface area contributed by atoms with E-state index in [0.29, 0.717) is 10.2 Å². The van der Waals surface area contributed by atoms with Crippen molar-refractivity contribution in [2.75, 3.05) is 4.90 Å². The Balaban J connectivity index is 2.46. The summed E-state index contributed by atoms with van der Waals surface area (Å²) in [5.74, 6) is -1.28. The molecule has 15 heavy (non-hydrogen) atoms. The van der Waals surface area contributed by atoms with Crippen LogP contribution in [0.4, 0.5) is 10.1 Å². The van der Waals surface area contributed by atoms with Gasteiger partial charge < -0.3 is 0 Å². The lowest BCUT2D eigenvalue weighted by Crippen LogP contribution is -2.29. The monoisotopic (exact) mass is 269 g/mol. The molecule has 1 aliphatic rings. The summed E-state index contributed by atoms with van der Waals surface area (Å²) < 4.78 is 13.2. The van der Waals surface area contributed by atoms with Gasteiger partial charge in [0.2, 0.25) is 0 Å². The van der Waals surface area contributed by atoms with E-state index in [1.165, 1.54) is 30.4 Å². The summed E-state index contributed by atoms with van der Waals surface area (Å²) in [6.07, 6.45) is 2.36. The van der Waals surface area contributed by atoms with Crippen LogP contribution in [0.15, 0.2) is 34.8 Å². The molecule has 3 nitrogen and oxygen atoms in total. The molecule has 0 saturated carbocycles. The van der Waals surface area contributed by atoms with Gasteiger partial charge in [0.25, 0.3) is 11.8 Å². The molecule has 1 aliphatic heterocycles. The minimum atomic E-state index is -0.433. The third kappa shape index (κ3) is 1.70. The number of benzene rings is 1. The molecule has 0 bridgehead atoms. The Labute approximate surface area is 93.3 Å². The molecule has 0 atom stereocenters. The highest BCUT2D eigenvalue weighted by Crippen LogP contribution is 2.28. The summed E-state index contributed by atoms with van der Waals surface area (Å²) in [6, 6.07) is 3.77. The zero-order valence-electron chi connectivity index (χ0n) is 7.41. The van der Waals surface area contributed by atoms with Crippen LogP contribution >= 0.6 is 15.9 Å². The smallest absolute Gasteiger partial charge is 0.258 e. The summed E-state index contributed by atoms with van der Waals surface area (Å²) >= 11 is 3.10. The molecule has 0 fully saturated rings. The van der Waals surface area contributed by atoms with E-state index >= 15 is 0 Å². The van der Waals surface area contributed by atoms with E-state index in [0.717, 1.165) is 4.90 Å². The molecule has 0 unspecified atom stereocenters. The minimum Gasteiger partial charge on any atom is -0.269 e. The normalized spacial score (nSPS) is 15.2. The van der Waals surface area contributed by atoms with Crippen molar-refractivity contribution in [2.45, 2.75) is 0 Å². The lowest BCUT2D eigenvalue weighted by Gasteiger charge is -2.15. The maximum atomic E-state index is 12.8. The summed E-state index contributed by atoms with van der Waals surface area (Å²) in [5, 5.41) is 0. The van der Waals surface area contributed by atoms with Crippen LogP contribution in [0.2, 0.25) is 0 Å². The Morgan fingerprint density at radius 1 is 1.13 bits per heavy atom. The van der Waals surface area contributed by atoms with E-state index in [1.54, 1.807) is 0 Å². The largest absolute Gasteiger partial charge is 0.269 e. The van der Waals surface area contributed by atoms with Crippen LogP contribution in [0.5, 0.6) is 0 Å². The predicted octanol–water partition coefficient (Wildman–Crippen LogP) is 2.02. The predicted molar refractivity (Wildman–Crippen MR) is 55.7 cm³/mol. The number of nitrogens with zero attached hydrogens (tertiary/aromatic N) is 1. The second kappa shape index (κ2) is 3.58. The SMILES string of the molecule is O=C1C=CC(=O)N1c1ccc(F)cc1Br. The molecule has 1 aromatic rings. The van der Waals surface area contributed by atoms with Gasteiger partial charge in [-0.15, -0.1) is 0 Å². The zero-order chi connectivity index (χ0) is 11.0. The van der Waals surface area contributed by atoms with Gasteiger partial charge in [0.15, 0.2) is 0 Å². The number of carbonyl (C=O) groups is 2. The third-order valence-electron chi connectivity index (χ3n) is 1.96. The molecule has 1 heterocycles. The van der Waals surface area contributed by atoms with E-state index < -0.39 is 17.6 Å². The van der Waals surface area contributed by atoms with Crippen LogP contribution in [0.25, 0.3) is 0 Å². The Morgan fingerprint density at radius 3 is 2.27 bits per heavy atom. The second-order valence-corrected chi connectivity index (χ2v) is 3.80. The molecule has 1 aromatic carbocycles. The Morgan fingerprint density at radius 2 is 1.73 bits per heavy atom. The highest BCUT2D eigenvalue weighted by atomic mass is 79.9. The Hall–Kier alpha value is -1.49. The summed E-state index contributed by atoms with van der Waals surface area (Å²) in [6.45, 7) is 0. The number of rotatable bonds is 1. The first kappa shape index (κ1) is 10.0. The molecular formula is C10H5BrFNO2. The topological polar surface area (TPSA) is 37.4 Å². The fraction of sp³-hybridized carbons (Fsp3) is 0. The van der Waals surface area contributed by atoms with Gasteiger partial charge in [-0.1, -0.05) is 0 Å². The highest BCUT2D eigenvalue weighted by Gasteiger charge is 2.26. The van der Waals surface area contributed by atoms with Crippen molar-refractivity contribution in [2.24, 2.45) is 0 Å². The molecule has 2 amide bonds. The van der Waals surface area contributed by atoms with Crippen LogP contribution in [0, 0.1) is 5.82 Å². The first-order valence-electron chi connectivity index (χ1n) is 4.11. The van der Waals surface area contributed by atoms with Crippen molar-refractivity contribution >= 4 is 33.4 Å². The third-order valence-corrected chi connectivity index (χ3v) is 2.60. The van der Waals surface area contributed by atoms with Crippen molar-refractivity contribution in [1.29, 1.82) is 0 Å². The van der Waals surface area contributed by atoms with Crippen molar-refractivity contribution < 1.29 is 14.0 Å². The number of hydrogen-bond acceptors (Lipinski definition) is 2. The van der Waals surface area contributed by atoms with E-state index in [9.17, 15) is 14.0 Å². The van der Waals surface area contributed by atoms with Crippen molar-refractivity contribution in [3.63, 3.8) is 0 Å². The van der Waals surface area contributed by atoms with Gasteiger partial charge in [0, 0.05) is 16.6 Å². The lowest BCUT2D eigenvalue weighted by atomic mass is 10.3. The van der Waals surface area contributed by atoms with Gasteiger partial charge in [0.05, 0.1) is 5.69 Å². The van der Waals surface area contributed by atoms with E-state index in [2.05, 4.69) is 15.9 Å². The average molecular weight is 270 g/mol. The molecule has 0 radical (unpaired) electrons. The number of halogens is 2. The molecule has 0 saturated heterocycles. The fourth-order valence-corrected chi connectivity index (χ4v) is 1.83. The van der Waals surface area contributed by atoms with Crippen molar-refractivity contribution in [1.82, 2.24) is 0 Å². The summed E-state index contributed by atoms with van der Waals surface area (Å²) in [4.78, 5) is 23.6. The minimum absolute atomic E-state index is 0.344. The van der Waals surface area contributed by atoms with Crippen molar-refractivity contribution in [3.8, 4) is 0 Å². The van der Waals surface area contributed by atoms with Crippen LogP contribution in [0.1, 0.15) is 0 Å². The first-order valence-corrected chi connectivity index (χ1v) is 4.90. The Bertz CT molecular complexity index is 466. The molecule has 0 spiro atoms. The molecule has 0 aliphatic carbocycles. The van der Waals surface area contributed by atoms with Gasteiger partial charge in [0.1, 0.15) is 5.82 Å². The lowest BCUT2D eigenvalue weighted by molar-refractivity contribution is -0.119. The number of carbonyl (C=O) groups excluding carboxylic acids is 2. The summed E-state index contributed by atoms with van der Waals surface area (Å²) in [5.41, 5.74) is 0.344. The van der Waals surface area contributed by atoms with E-state index in [-0.39, 0.29) is 0 Å². The van der Waals surface area contributed by atoms with Gasteiger partial charge >= 0.3 is 0 Å². The molecule has 0 aromatic heterocycles. The number of imide groups is 1. The second-order valence-electron chi connectivity index (χ2n) is 2.94. The zero-order valence-corrected chi connectivity index (χ0v) is 8.99. The van der Waals surface area contributed by atoms with Gasteiger partial charge in [-0.2, -0.15) is 0 Å². The molecular weight excluding hydrogens is 265 g/mol. The number of anilines is 1. The first-order chi connectivity index (χ1) is 7.09. The van der Waals surface area contributed by atoms with Gasteiger partial charge in [-0.25, -0.2) is 9.29 Å². The van der Waals surface area contributed by atoms with Crippen molar-refractivity contribution in [3.05, 3.63) is 40.6 Å². The quantitative estimate of drug-likeness (QED) is 0.732. The molecule has 0 N–H and O–H groups in total. The van der Waals surface area contributed by atoms with Crippen LogP contribution in [-0.4, -0.2) is 11.8 Å². The number of hydrogen-bond donors (Lipinski definition) is 0. The van der Waals surface area contributed by atoms with Gasteiger partial charge in [-0.3, -0.25) is 9.59 Å². The molecule has 5 heteroatoms. The van der Waals surface area contributed by atoms with Crippen LogP contribution in [-0.2, 0) is 9.59 Å². The van der Waals surface area contributed by atoms with Crippen LogP contribution < -0.4 is 4.90 Å². The fourth-order valence-electron chi connectivity index (χ4n) is 1.30. The number of amides is 2. The van der Waals surface area contributed by atoms with Gasteiger partial charge in [-0.05, 0) is 34.1 Å². The maximum Gasteiger partial charge on any atom is 0.258 e. The van der Waals surface area contributed by atoms with Crippen LogP contribution in [0.3, 0.4) is 0 Å². The maximum absolute atomic E-state index is 12.8. The molecule has 76 valence electrons. The summed E-state index contributed by atoms with van der Waals surface area (Å²) in [7, 11) is 0. The Kier molecular flexibility index (Phi) is 2.40.